The molecule has 21 heavy (non-hydrogen) atoms. The molecular formula is C16H22N2O3. The normalized spacial score (nSPS) is 20.3. The molecule has 2 heterocycles. The van der Waals surface area contributed by atoms with Crippen LogP contribution in [0.15, 0.2) is 18.2 Å². The number of benzene rings is 1. The van der Waals surface area contributed by atoms with E-state index in [1.807, 2.05) is 30.0 Å². The van der Waals surface area contributed by atoms with E-state index in [2.05, 4.69) is 5.32 Å². The maximum Gasteiger partial charge on any atom is 0.239 e. The van der Waals surface area contributed by atoms with Crippen LogP contribution in [-0.4, -0.2) is 36.7 Å². The average Bonchev–Trinajstić information content (AvgIpc) is 3.00. The SMILES string of the molecule is CCN(Cc1ccc2c(c1)OCO2)C(=O)C1CCCCN1. The number of piperidine rings is 1. The monoisotopic (exact) mass is 290 g/mol. The van der Waals surface area contributed by atoms with Crippen molar-refractivity contribution in [3.63, 3.8) is 0 Å². The molecule has 0 spiro atoms. The summed E-state index contributed by atoms with van der Waals surface area (Å²) in [7, 11) is 0. The van der Waals surface area contributed by atoms with Crippen LogP contribution in [-0.2, 0) is 11.3 Å². The van der Waals surface area contributed by atoms with Crippen LogP contribution in [0.3, 0.4) is 0 Å². The molecule has 5 heteroatoms. The molecule has 2 aliphatic heterocycles. The van der Waals surface area contributed by atoms with Crippen molar-refractivity contribution in [2.24, 2.45) is 0 Å². The summed E-state index contributed by atoms with van der Waals surface area (Å²) in [4.78, 5) is 14.5. The highest BCUT2D eigenvalue weighted by atomic mass is 16.7. The van der Waals surface area contributed by atoms with E-state index in [4.69, 9.17) is 9.47 Å². The van der Waals surface area contributed by atoms with Crippen molar-refractivity contribution in [2.45, 2.75) is 38.8 Å². The van der Waals surface area contributed by atoms with Gasteiger partial charge in [-0.1, -0.05) is 12.5 Å². The largest absolute Gasteiger partial charge is 0.454 e. The van der Waals surface area contributed by atoms with E-state index in [1.165, 1.54) is 0 Å². The lowest BCUT2D eigenvalue weighted by atomic mass is 10.0. The molecular weight excluding hydrogens is 268 g/mol. The fraction of sp³-hybridized carbons (Fsp3) is 0.562. The van der Waals surface area contributed by atoms with Gasteiger partial charge < -0.3 is 19.7 Å². The molecule has 0 radical (unpaired) electrons. The van der Waals surface area contributed by atoms with Crippen LogP contribution in [0.1, 0.15) is 31.7 Å². The molecule has 1 N–H and O–H groups in total. The van der Waals surface area contributed by atoms with E-state index in [0.717, 1.165) is 42.9 Å². The number of nitrogens with one attached hydrogen (secondary N) is 1. The molecule has 1 aromatic carbocycles. The summed E-state index contributed by atoms with van der Waals surface area (Å²) in [5.74, 6) is 1.75. The van der Waals surface area contributed by atoms with Crippen LogP contribution < -0.4 is 14.8 Å². The van der Waals surface area contributed by atoms with Gasteiger partial charge in [-0.15, -0.1) is 0 Å². The Morgan fingerprint density at radius 1 is 1.33 bits per heavy atom. The Bertz CT molecular complexity index is 512. The summed E-state index contributed by atoms with van der Waals surface area (Å²) in [5, 5.41) is 3.33. The quantitative estimate of drug-likeness (QED) is 0.920. The van der Waals surface area contributed by atoms with Crippen LogP contribution in [0.25, 0.3) is 0 Å². The summed E-state index contributed by atoms with van der Waals surface area (Å²) in [5.41, 5.74) is 1.07. The van der Waals surface area contributed by atoms with Gasteiger partial charge in [0.25, 0.3) is 0 Å². The number of nitrogens with zero attached hydrogens (tertiary/aromatic N) is 1. The Kier molecular flexibility index (Phi) is 4.29. The summed E-state index contributed by atoms with van der Waals surface area (Å²) in [6.07, 6.45) is 3.24. The molecule has 0 aliphatic carbocycles. The van der Waals surface area contributed by atoms with Gasteiger partial charge in [0.15, 0.2) is 11.5 Å². The zero-order valence-corrected chi connectivity index (χ0v) is 12.4. The van der Waals surface area contributed by atoms with Crippen LogP contribution in [0.4, 0.5) is 0 Å². The summed E-state index contributed by atoms with van der Waals surface area (Å²) in [6.45, 7) is 4.57. The second kappa shape index (κ2) is 6.35. The summed E-state index contributed by atoms with van der Waals surface area (Å²) >= 11 is 0. The Morgan fingerprint density at radius 3 is 2.95 bits per heavy atom. The molecule has 1 fully saturated rings. The van der Waals surface area contributed by atoms with E-state index in [1.54, 1.807) is 0 Å². The number of likely N-dealkylation sites (N-methyl/N-ethyl adjacent to an activating group) is 1. The minimum atomic E-state index is -0.0206. The van der Waals surface area contributed by atoms with Gasteiger partial charge in [0, 0.05) is 13.1 Å². The molecule has 1 unspecified atom stereocenters. The van der Waals surface area contributed by atoms with Crippen molar-refractivity contribution in [3.8, 4) is 11.5 Å². The smallest absolute Gasteiger partial charge is 0.239 e. The van der Waals surface area contributed by atoms with E-state index in [9.17, 15) is 4.79 Å². The maximum atomic E-state index is 12.6. The molecule has 5 nitrogen and oxygen atoms in total. The molecule has 0 saturated carbocycles. The second-order valence-corrected chi connectivity index (χ2v) is 5.54. The lowest BCUT2D eigenvalue weighted by Crippen LogP contribution is -2.48. The van der Waals surface area contributed by atoms with Crippen molar-refractivity contribution in [1.29, 1.82) is 0 Å². The first kappa shape index (κ1) is 14.2. The molecule has 114 valence electrons. The van der Waals surface area contributed by atoms with E-state index < -0.39 is 0 Å². The van der Waals surface area contributed by atoms with Gasteiger partial charge in [-0.2, -0.15) is 0 Å². The molecule has 0 bridgehead atoms. The van der Waals surface area contributed by atoms with Crippen LogP contribution in [0.2, 0.25) is 0 Å². The predicted molar refractivity (Wildman–Crippen MR) is 79.3 cm³/mol. The molecule has 1 saturated heterocycles. The number of amides is 1. The van der Waals surface area contributed by atoms with E-state index in [-0.39, 0.29) is 18.7 Å². The highest BCUT2D eigenvalue weighted by Gasteiger charge is 2.25. The maximum absolute atomic E-state index is 12.6. The summed E-state index contributed by atoms with van der Waals surface area (Å²) < 4.78 is 10.7. The third kappa shape index (κ3) is 3.13. The zero-order valence-electron chi connectivity index (χ0n) is 12.4. The van der Waals surface area contributed by atoms with Crippen LogP contribution >= 0.6 is 0 Å². The fourth-order valence-electron chi connectivity index (χ4n) is 2.89. The third-order valence-electron chi connectivity index (χ3n) is 4.11. The minimum Gasteiger partial charge on any atom is -0.454 e. The topological polar surface area (TPSA) is 50.8 Å². The molecule has 2 aliphatic rings. The lowest BCUT2D eigenvalue weighted by molar-refractivity contribution is -0.134. The number of carbonyl (C=O) groups excluding carboxylic acids is 1. The Balaban J connectivity index is 1.67. The first-order chi connectivity index (χ1) is 10.3. The van der Waals surface area contributed by atoms with Gasteiger partial charge in [-0.3, -0.25) is 4.79 Å². The molecule has 0 aromatic heterocycles. The average molecular weight is 290 g/mol. The number of hydrogen-bond acceptors (Lipinski definition) is 4. The Morgan fingerprint density at radius 2 is 2.19 bits per heavy atom. The number of fused-ring (bicyclic) bond motifs is 1. The second-order valence-electron chi connectivity index (χ2n) is 5.54. The van der Waals surface area contributed by atoms with Crippen LogP contribution in [0, 0.1) is 0 Å². The highest BCUT2D eigenvalue weighted by molar-refractivity contribution is 5.82. The van der Waals surface area contributed by atoms with Crippen molar-refractivity contribution >= 4 is 5.91 Å². The van der Waals surface area contributed by atoms with Crippen molar-refractivity contribution in [2.75, 3.05) is 19.9 Å². The first-order valence-electron chi connectivity index (χ1n) is 7.68. The van der Waals surface area contributed by atoms with Gasteiger partial charge in [-0.25, -0.2) is 0 Å². The fourth-order valence-corrected chi connectivity index (χ4v) is 2.89. The number of ether oxygens (including phenoxy) is 2. The van der Waals surface area contributed by atoms with Gasteiger partial charge in [0.05, 0.1) is 6.04 Å². The third-order valence-corrected chi connectivity index (χ3v) is 4.11. The Hall–Kier alpha value is -1.75. The first-order valence-corrected chi connectivity index (χ1v) is 7.68. The van der Waals surface area contributed by atoms with Crippen LogP contribution in [0.5, 0.6) is 11.5 Å². The number of hydrogen-bond donors (Lipinski definition) is 1. The van der Waals surface area contributed by atoms with Gasteiger partial charge in [0.1, 0.15) is 0 Å². The minimum absolute atomic E-state index is 0.0206. The van der Waals surface area contributed by atoms with E-state index >= 15 is 0 Å². The molecule has 1 atom stereocenters. The van der Waals surface area contributed by atoms with Gasteiger partial charge >= 0.3 is 0 Å². The van der Waals surface area contributed by atoms with Gasteiger partial charge in [-0.05, 0) is 44.0 Å². The molecule has 3 rings (SSSR count). The molecule has 1 aromatic rings. The lowest BCUT2D eigenvalue weighted by Gasteiger charge is -2.29. The zero-order chi connectivity index (χ0) is 14.7. The van der Waals surface area contributed by atoms with E-state index in [0.29, 0.717) is 13.1 Å². The van der Waals surface area contributed by atoms with Gasteiger partial charge in [0.2, 0.25) is 12.7 Å². The summed E-state index contributed by atoms with van der Waals surface area (Å²) in [6, 6.07) is 5.85. The predicted octanol–water partition coefficient (Wildman–Crippen LogP) is 1.91. The van der Waals surface area contributed by atoms with Crippen molar-refractivity contribution in [3.05, 3.63) is 23.8 Å². The van der Waals surface area contributed by atoms with Crippen molar-refractivity contribution in [1.82, 2.24) is 10.2 Å². The Labute approximate surface area is 125 Å². The highest BCUT2D eigenvalue weighted by Crippen LogP contribution is 2.32. The standard InChI is InChI=1S/C16H22N2O3/c1-2-18(16(19)13-5-3-4-8-17-13)10-12-6-7-14-15(9-12)21-11-20-14/h6-7,9,13,17H,2-5,8,10-11H2,1H3. The van der Waals surface area contributed by atoms with Crippen molar-refractivity contribution < 1.29 is 14.3 Å². The molecule has 1 amide bonds. The number of rotatable bonds is 4. The number of carbonyl (C=O) groups is 1.